The summed E-state index contributed by atoms with van der Waals surface area (Å²) in [5.74, 6) is -2.13. The Morgan fingerprint density at radius 2 is 1.80 bits per heavy atom. The Labute approximate surface area is 183 Å². The van der Waals surface area contributed by atoms with Crippen molar-refractivity contribution in [1.82, 2.24) is 9.80 Å². The Morgan fingerprint density at radius 1 is 1.13 bits per heavy atom. The summed E-state index contributed by atoms with van der Waals surface area (Å²) in [7, 11) is 0. The molecule has 158 valence electrons. The van der Waals surface area contributed by atoms with E-state index in [2.05, 4.69) is 20.8 Å². The van der Waals surface area contributed by atoms with Gasteiger partial charge in [-0.15, -0.1) is 0 Å². The van der Waals surface area contributed by atoms with Gasteiger partial charge in [0.2, 0.25) is 0 Å². The SMILES string of the molecule is CCN(CC)CCN1C(=O)C(=O)C(=C(O)c2ccc(F)cc2)[C@H]1c1cccc(Br)c1. The largest absolute Gasteiger partial charge is 0.507 e. The maximum Gasteiger partial charge on any atom is 0.295 e. The van der Waals surface area contributed by atoms with Crippen LogP contribution in [0.1, 0.15) is 31.0 Å². The summed E-state index contributed by atoms with van der Waals surface area (Å²) in [6.45, 7) is 6.70. The fraction of sp³-hybridized carbons (Fsp3) is 0.304. The van der Waals surface area contributed by atoms with Crippen LogP contribution in [0.5, 0.6) is 0 Å². The molecule has 30 heavy (non-hydrogen) atoms. The van der Waals surface area contributed by atoms with Crippen LogP contribution in [0.15, 0.2) is 58.6 Å². The van der Waals surface area contributed by atoms with Gasteiger partial charge in [0.25, 0.3) is 11.7 Å². The van der Waals surface area contributed by atoms with Crippen LogP contribution in [0.25, 0.3) is 5.76 Å². The van der Waals surface area contributed by atoms with Crippen molar-refractivity contribution in [3.05, 3.63) is 75.5 Å². The summed E-state index contributed by atoms with van der Waals surface area (Å²) in [6.07, 6.45) is 0. The van der Waals surface area contributed by atoms with Gasteiger partial charge in [0.1, 0.15) is 11.6 Å². The van der Waals surface area contributed by atoms with Crippen LogP contribution in [-0.2, 0) is 9.59 Å². The van der Waals surface area contributed by atoms with Crippen LogP contribution in [-0.4, -0.2) is 52.8 Å². The average Bonchev–Trinajstić information content (AvgIpc) is 2.99. The molecule has 0 aromatic heterocycles. The van der Waals surface area contributed by atoms with Crippen molar-refractivity contribution >= 4 is 33.4 Å². The lowest BCUT2D eigenvalue weighted by molar-refractivity contribution is -0.140. The number of hydrogen-bond donors (Lipinski definition) is 1. The number of hydrogen-bond acceptors (Lipinski definition) is 4. The molecule has 1 saturated heterocycles. The third-order valence-electron chi connectivity index (χ3n) is 5.37. The molecule has 2 aromatic rings. The van der Waals surface area contributed by atoms with Crippen LogP contribution >= 0.6 is 15.9 Å². The Kier molecular flexibility index (Phi) is 7.05. The molecule has 0 radical (unpaired) electrons. The van der Waals surface area contributed by atoms with E-state index in [1.165, 1.54) is 29.2 Å². The van der Waals surface area contributed by atoms with Crippen molar-refractivity contribution in [2.24, 2.45) is 0 Å². The first kappa shape index (κ1) is 22.2. The lowest BCUT2D eigenvalue weighted by atomic mass is 9.95. The number of amides is 1. The van der Waals surface area contributed by atoms with Gasteiger partial charge in [-0.2, -0.15) is 0 Å². The second kappa shape index (κ2) is 9.53. The lowest BCUT2D eigenvalue weighted by Crippen LogP contribution is -2.38. The van der Waals surface area contributed by atoms with Crippen molar-refractivity contribution in [3.8, 4) is 0 Å². The molecule has 5 nitrogen and oxygen atoms in total. The minimum atomic E-state index is -0.735. The van der Waals surface area contributed by atoms with Crippen LogP contribution in [0.4, 0.5) is 4.39 Å². The maximum absolute atomic E-state index is 13.3. The van der Waals surface area contributed by atoms with E-state index < -0.39 is 23.5 Å². The van der Waals surface area contributed by atoms with E-state index >= 15 is 0 Å². The molecule has 1 amide bonds. The van der Waals surface area contributed by atoms with Gasteiger partial charge < -0.3 is 14.9 Å². The smallest absolute Gasteiger partial charge is 0.295 e. The Hall–Kier alpha value is -2.51. The standard InChI is InChI=1S/C23H24BrFN2O3/c1-3-26(4-2)12-13-27-20(16-6-5-7-17(24)14-16)19(22(29)23(27)30)21(28)15-8-10-18(25)11-9-15/h5-11,14,20,28H,3-4,12-13H2,1-2H3/t20-/m1/s1. The van der Waals surface area contributed by atoms with E-state index in [1.807, 2.05) is 38.1 Å². The molecule has 1 fully saturated rings. The Bertz CT molecular complexity index is 971. The summed E-state index contributed by atoms with van der Waals surface area (Å²) in [5, 5.41) is 10.9. The monoisotopic (exact) mass is 474 g/mol. The van der Waals surface area contributed by atoms with Crippen molar-refractivity contribution in [3.63, 3.8) is 0 Å². The predicted molar refractivity (Wildman–Crippen MR) is 117 cm³/mol. The second-order valence-corrected chi connectivity index (χ2v) is 8.00. The highest BCUT2D eigenvalue weighted by atomic mass is 79.9. The first-order valence-corrected chi connectivity index (χ1v) is 10.7. The third-order valence-corrected chi connectivity index (χ3v) is 5.87. The molecule has 1 aliphatic rings. The van der Waals surface area contributed by atoms with Crippen molar-refractivity contribution < 1.29 is 19.1 Å². The van der Waals surface area contributed by atoms with E-state index in [0.717, 1.165) is 17.6 Å². The number of aliphatic hydroxyl groups is 1. The zero-order valence-electron chi connectivity index (χ0n) is 16.9. The molecule has 3 rings (SSSR count). The van der Waals surface area contributed by atoms with Crippen LogP contribution in [0.2, 0.25) is 0 Å². The zero-order chi connectivity index (χ0) is 21.8. The molecule has 2 aromatic carbocycles. The highest BCUT2D eigenvalue weighted by Crippen LogP contribution is 2.39. The first-order chi connectivity index (χ1) is 14.4. The van der Waals surface area contributed by atoms with Gasteiger partial charge >= 0.3 is 0 Å². The summed E-state index contributed by atoms with van der Waals surface area (Å²) in [5.41, 5.74) is 1.02. The zero-order valence-corrected chi connectivity index (χ0v) is 18.5. The third kappa shape index (κ3) is 4.47. The minimum absolute atomic E-state index is 0.0178. The average molecular weight is 475 g/mol. The van der Waals surface area contributed by atoms with Gasteiger partial charge in [0.15, 0.2) is 0 Å². The fourth-order valence-corrected chi connectivity index (χ4v) is 4.10. The number of halogens is 2. The fourth-order valence-electron chi connectivity index (χ4n) is 3.69. The van der Waals surface area contributed by atoms with Crippen LogP contribution < -0.4 is 0 Å². The number of likely N-dealkylation sites (tertiary alicyclic amines) is 1. The number of rotatable bonds is 7. The van der Waals surface area contributed by atoms with Gasteiger partial charge in [-0.1, -0.05) is 41.9 Å². The predicted octanol–water partition coefficient (Wildman–Crippen LogP) is 4.35. The van der Waals surface area contributed by atoms with E-state index in [4.69, 9.17) is 0 Å². The van der Waals surface area contributed by atoms with E-state index in [1.54, 1.807) is 0 Å². The van der Waals surface area contributed by atoms with Gasteiger partial charge in [-0.3, -0.25) is 9.59 Å². The second-order valence-electron chi connectivity index (χ2n) is 7.08. The molecular formula is C23H24BrFN2O3. The van der Waals surface area contributed by atoms with E-state index in [0.29, 0.717) is 18.7 Å². The Morgan fingerprint density at radius 3 is 2.40 bits per heavy atom. The van der Waals surface area contributed by atoms with Crippen molar-refractivity contribution in [1.29, 1.82) is 0 Å². The van der Waals surface area contributed by atoms with Crippen molar-refractivity contribution in [2.75, 3.05) is 26.2 Å². The van der Waals surface area contributed by atoms with Gasteiger partial charge in [0.05, 0.1) is 11.6 Å². The number of carbonyl (C=O) groups is 2. The number of nitrogens with zero attached hydrogens (tertiary/aromatic N) is 2. The molecule has 1 atom stereocenters. The quantitative estimate of drug-likeness (QED) is 0.368. The molecule has 0 bridgehead atoms. The molecule has 1 N–H and O–H groups in total. The molecule has 7 heteroatoms. The van der Waals surface area contributed by atoms with E-state index in [-0.39, 0.29) is 16.9 Å². The summed E-state index contributed by atoms with van der Waals surface area (Å²) < 4.78 is 14.1. The van der Waals surface area contributed by atoms with Crippen LogP contribution in [0.3, 0.4) is 0 Å². The number of aliphatic hydroxyl groups excluding tert-OH is 1. The molecule has 0 aliphatic carbocycles. The maximum atomic E-state index is 13.3. The molecule has 0 unspecified atom stereocenters. The highest BCUT2D eigenvalue weighted by molar-refractivity contribution is 9.10. The van der Waals surface area contributed by atoms with Gasteiger partial charge in [0, 0.05) is 23.1 Å². The first-order valence-electron chi connectivity index (χ1n) is 9.89. The van der Waals surface area contributed by atoms with Gasteiger partial charge in [-0.25, -0.2) is 4.39 Å². The summed E-state index contributed by atoms with van der Waals surface area (Å²) in [4.78, 5) is 29.5. The van der Waals surface area contributed by atoms with E-state index in [9.17, 15) is 19.1 Å². The molecule has 0 spiro atoms. The molecule has 0 saturated carbocycles. The molecule has 1 aliphatic heterocycles. The lowest BCUT2D eigenvalue weighted by Gasteiger charge is -2.28. The number of carbonyl (C=O) groups excluding carboxylic acids is 2. The highest BCUT2D eigenvalue weighted by Gasteiger charge is 2.46. The summed E-state index contributed by atoms with van der Waals surface area (Å²) in [6, 6.07) is 11.8. The van der Waals surface area contributed by atoms with Gasteiger partial charge in [-0.05, 0) is 55.1 Å². The number of Topliss-reactive ketones (excluding diaryl/α,β-unsaturated/α-hetero) is 1. The number of benzene rings is 2. The minimum Gasteiger partial charge on any atom is -0.507 e. The number of likely N-dealkylation sites (N-methyl/N-ethyl adjacent to an activating group) is 1. The number of ketones is 1. The topological polar surface area (TPSA) is 60.9 Å². The van der Waals surface area contributed by atoms with Crippen molar-refractivity contribution in [2.45, 2.75) is 19.9 Å². The normalized spacial score (nSPS) is 18.4. The van der Waals surface area contributed by atoms with Crippen LogP contribution in [0, 0.1) is 5.82 Å². The molecule has 1 heterocycles. The molecular weight excluding hydrogens is 451 g/mol. The Balaban J connectivity index is 2.09. The summed E-state index contributed by atoms with van der Waals surface area (Å²) >= 11 is 3.44.